The zero-order valence-electron chi connectivity index (χ0n) is 22.6. The minimum atomic E-state index is -4.18. The van der Waals surface area contributed by atoms with E-state index in [4.69, 9.17) is 16.3 Å². The van der Waals surface area contributed by atoms with Crippen LogP contribution in [0.15, 0.2) is 77.7 Å². The summed E-state index contributed by atoms with van der Waals surface area (Å²) in [5, 5.41) is 3.22. The molecule has 0 aliphatic rings. The van der Waals surface area contributed by atoms with E-state index in [0.29, 0.717) is 23.7 Å². The van der Waals surface area contributed by atoms with E-state index in [9.17, 15) is 18.0 Å². The number of anilines is 1. The minimum Gasteiger partial charge on any atom is -0.497 e. The van der Waals surface area contributed by atoms with Crippen LogP contribution in [0.25, 0.3) is 0 Å². The lowest BCUT2D eigenvalue weighted by atomic mass is 10.1. The summed E-state index contributed by atoms with van der Waals surface area (Å²) in [6.45, 7) is 5.62. The Hall–Kier alpha value is -3.56. The molecule has 0 fully saturated rings. The highest BCUT2D eigenvalue weighted by atomic mass is 35.5. The van der Waals surface area contributed by atoms with Crippen LogP contribution in [0.1, 0.15) is 31.4 Å². The standard InChI is InChI=1S/C29H34ClN3O5S/c1-5-27(29(35)31-6-2)32(19-22-9-7-21(3)8-10-22)28(34)20-33(24-13-11-23(30)12-14-24)39(36,37)26-17-15-25(38-4)16-18-26/h7-18,27H,5-6,19-20H2,1-4H3,(H,31,35). The van der Waals surface area contributed by atoms with Crippen LogP contribution < -0.4 is 14.4 Å². The third-order valence-corrected chi connectivity index (χ3v) is 8.29. The highest BCUT2D eigenvalue weighted by molar-refractivity contribution is 7.92. The van der Waals surface area contributed by atoms with Crippen molar-refractivity contribution in [3.05, 3.63) is 88.9 Å². The van der Waals surface area contributed by atoms with Gasteiger partial charge in [0.05, 0.1) is 17.7 Å². The summed E-state index contributed by atoms with van der Waals surface area (Å²) < 4.78 is 33.9. The first-order valence-corrected chi connectivity index (χ1v) is 14.5. The van der Waals surface area contributed by atoms with Crippen molar-refractivity contribution in [3.63, 3.8) is 0 Å². The Balaban J connectivity index is 2.04. The second-order valence-corrected chi connectivity index (χ2v) is 11.3. The Labute approximate surface area is 235 Å². The quantitative estimate of drug-likeness (QED) is 0.337. The Kier molecular flexibility index (Phi) is 10.4. The molecule has 8 nitrogen and oxygen atoms in total. The van der Waals surface area contributed by atoms with Gasteiger partial charge in [0.25, 0.3) is 10.0 Å². The lowest BCUT2D eigenvalue weighted by molar-refractivity contribution is -0.140. The number of amides is 2. The summed E-state index contributed by atoms with van der Waals surface area (Å²) in [7, 11) is -2.69. The first-order valence-electron chi connectivity index (χ1n) is 12.7. The van der Waals surface area contributed by atoms with Gasteiger partial charge in [-0.2, -0.15) is 0 Å². The normalized spacial score (nSPS) is 11.9. The summed E-state index contributed by atoms with van der Waals surface area (Å²) in [5.74, 6) is -0.308. The Morgan fingerprint density at radius 2 is 1.56 bits per heavy atom. The van der Waals surface area contributed by atoms with Crippen LogP contribution in [0.2, 0.25) is 5.02 Å². The van der Waals surface area contributed by atoms with Gasteiger partial charge in [-0.15, -0.1) is 0 Å². The Bertz CT molecular complexity index is 1360. The molecule has 3 aromatic rings. The number of carbonyl (C=O) groups is 2. The molecule has 1 atom stereocenters. The molecule has 0 aromatic heterocycles. The monoisotopic (exact) mass is 571 g/mol. The van der Waals surface area contributed by atoms with Crippen LogP contribution in [0.4, 0.5) is 5.69 Å². The molecule has 208 valence electrons. The lowest BCUT2D eigenvalue weighted by Crippen LogP contribution is -2.52. The van der Waals surface area contributed by atoms with Crippen LogP contribution in [-0.4, -0.2) is 51.4 Å². The number of ether oxygens (including phenoxy) is 1. The summed E-state index contributed by atoms with van der Waals surface area (Å²) >= 11 is 6.06. The average molecular weight is 572 g/mol. The fourth-order valence-corrected chi connectivity index (χ4v) is 5.65. The van der Waals surface area contributed by atoms with E-state index in [-0.39, 0.29) is 23.0 Å². The SMILES string of the molecule is CCNC(=O)C(CC)N(Cc1ccc(C)cc1)C(=O)CN(c1ccc(Cl)cc1)S(=O)(=O)c1ccc(OC)cc1. The summed E-state index contributed by atoms with van der Waals surface area (Å²) in [5.41, 5.74) is 2.16. The van der Waals surface area contributed by atoms with E-state index in [2.05, 4.69) is 5.32 Å². The molecule has 39 heavy (non-hydrogen) atoms. The van der Waals surface area contributed by atoms with E-state index >= 15 is 0 Å². The summed E-state index contributed by atoms with van der Waals surface area (Å²) in [6, 6.07) is 19.0. The van der Waals surface area contributed by atoms with Crippen LogP contribution >= 0.6 is 11.6 Å². The first kappa shape index (κ1) is 30.0. The number of benzene rings is 3. The van der Waals surface area contributed by atoms with Gasteiger partial charge in [-0.1, -0.05) is 48.4 Å². The van der Waals surface area contributed by atoms with Crippen molar-refractivity contribution in [1.82, 2.24) is 10.2 Å². The number of rotatable bonds is 12. The zero-order chi connectivity index (χ0) is 28.6. The van der Waals surface area contributed by atoms with Gasteiger partial charge in [-0.05, 0) is 74.4 Å². The van der Waals surface area contributed by atoms with E-state index in [0.717, 1.165) is 15.4 Å². The number of halogens is 1. The second-order valence-electron chi connectivity index (χ2n) is 8.99. The maximum absolute atomic E-state index is 13.9. The molecule has 1 unspecified atom stereocenters. The molecule has 0 heterocycles. The van der Waals surface area contributed by atoms with E-state index < -0.39 is 28.5 Å². The molecule has 2 amide bonds. The zero-order valence-corrected chi connectivity index (χ0v) is 24.1. The highest BCUT2D eigenvalue weighted by Gasteiger charge is 2.33. The van der Waals surface area contributed by atoms with Gasteiger partial charge >= 0.3 is 0 Å². The fraction of sp³-hybridized carbons (Fsp3) is 0.310. The predicted molar refractivity (Wildman–Crippen MR) is 153 cm³/mol. The number of likely N-dealkylation sites (N-methyl/N-ethyl adjacent to an activating group) is 1. The topological polar surface area (TPSA) is 96.0 Å². The Morgan fingerprint density at radius 3 is 2.10 bits per heavy atom. The third-order valence-electron chi connectivity index (χ3n) is 6.25. The van der Waals surface area contributed by atoms with Gasteiger partial charge in [0.15, 0.2) is 0 Å². The molecule has 0 spiro atoms. The Morgan fingerprint density at radius 1 is 0.949 bits per heavy atom. The molecule has 0 aliphatic carbocycles. The maximum atomic E-state index is 13.9. The van der Waals surface area contributed by atoms with Gasteiger partial charge < -0.3 is 15.0 Å². The van der Waals surface area contributed by atoms with E-state index in [1.54, 1.807) is 43.3 Å². The molecule has 0 bridgehead atoms. The van der Waals surface area contributed by atoms with Gasteiger partial charge in [-0.3, -0.25) is 13.9 Å². The molecular formula is C29H34ClN3O5S. The molecule has 0 saturated carbocycles. The average Bonchev–Trinajstić information content (AvgIpc) is 2.93. The number of nitrogens with zero attached hydrogens (tertiary/aromatic N) is 2. The number of carbonyl (C=O) groups excluding carboxylic acids is 2. The van der Waals surface area contributed by atoms with Gasteiger partial charge in [0.1, 0.15) is 18.3 Å². The largest absolute Gasteiger partial charge is 0.497 e. The van der Waals surface area contributed by atoms with E-state index in [1.165, 1.54) is 24.1 Å². The molecule has 3 aromatic carbocycles. The van der Waals surface area contributed by atoms with Gasteiger partial charge in [0, 0.05) is 18.1 Å². The highest BCUT2D eigenvalue weighted by Crippen LogP contribution is 2.27. The first-order chi connectivity index (χ1) is 18.6. The van der Waals surface area contributed by atoms with Gasteiger partial charge in [-0.25, -0.2) is 8.42 Å². The lowest BCUT2D eigenvalue weighted by Gasteiger charge is -2.33. The van der Waals surface area contributed by atoms with Crippen molar-refractivity contribution in [3.8, 4) is 5.75 Å². The van der Waals surface area contributed by atoms with Crippen molar-refractivity contribution in [2.24, 2.45) is 0 Å². The van der Waals surface area contributed by atoms with Gasteiger partial charge in [0.2, 0.25) is 11.8 Å². The number of aryl methyl sites for hydroxylation is 1. The fourth-order valence-electron chi connectivity index (χ4n) is 4.11. The van der Waals surface area contributed by atoms with Crippen LogP contribution in [-0.2, 0) is 26.2 Å². The van der Waals surface area contributed by atoms with Crippen molar-refractivity contribution in [2.45, 2.75) is 44.7 Å². The number of hydrogen-bond acceptors (Lipinski definition) is 5. The molecule has 0 saturated heterocycles. The van der Waals surface area contributed by atoms with E-state index in [1.807, 2.05) is 38.1 Å². The molecule has 3 rings (SSSR count). The molecule has 1 N–H and O–H groups in total. The summed E-state index contributed by atoms with van der Waals surface area (Å²) in [4.78, 5) is 28.4. The molecule has 0 radical (unpaired) electrons. The molecular weight excluding hydrogens is 538 g/mol. The van der Waals surface area contributed by atoms with Crippen molar-refractivity contribution < 1.29 is 22.7 Å². The van der Waals surface area contributed by atoms with Crippen molar-refractivity contribution >= 4 is 39.1 Å². The third kappa shape index (κ3) is 7.52. The van der Waals surface area contributed by atoms with Crippen molar-refractivity contribution in [2.75, 3.05) is 24.5 Å². The number of hydrogen-bond donors (Lipinski definition) is 1. The number of nitrogens with one attached hydrogen (secondary N) is 1. The predicted octanol–water partition coefficient (Wildman–Crippen LogP) is 4.80. The minimum absolute atomic E-state index is 0.00750. The van der Waals surface area contributed by atoms with Crippen LogP contribution in [0, 0.1) is 6.92 Å². The molecule has 0 aliphatic heterocycles. The summed E-state index contributed by atoms with van der Waals surface area (Å²) in [6.07, 6.45) is 0.357. The second kappa shape index (κ2) is 13.5. The molecule has 10 heteroatoms. The van der Waals surface area contributed by atoms with Crippen LogP contribution in [0.3, 0.4) is 0 Å². The van der Waals surface area contributed by atoms with Crippen LogP contribution in [0.5, 0.6) is 5.75 Å². The maximum Gasteiger partial charge on any atom is 0.264 e. The number of methoxy groups -OCH3 is 1. The van der Waals surface area contributed by atoms with Crippen molar-refractivity contribution in [1.29, 1.82) is 0 Å². The number of sulfonamides is 1. The smallest absolute Gasteiger partial charge is 0.264 e.